The number of nitriles is 1. The Bertz CT molecular complexity index is 394. The van der Waals surface area contributed by atoms with Crippen molar-refractivity contribution < 1.29 is 0 Å². The molecule has 1 fully saturated rings. The van der Waals surface area contributed by atoms with Crippen LogP contribution in [0.2, 0.25) is 0 Å². The maximum atomic E-state index is 8.74. The SMILES string of the molecule is CCC1(CNc2ccc(C#N)cc2)CCCC1. The Hall–Kier alpha value is -1.49. The fourth-order valence-corrected chi connectivity index (χ4v) is 2.73. The highest BCUT2D eigenvalue weighted by Gasteiger charge is 2.31. The zero-order chi connectivity index (χ0) is 12.1. The van der Waals surface area contributed by atoms with Gasteiger partial charge in [-0.05, 0) is 48.9 Å². The third-order valence-corrected chi connectivity index (χ3v) is 4.10. The summed E-state index contributed by atoms with van der Waals surface area (Å²) in [6.07, 6.45) is 6.72. The van der Waals surface area contributed by atoms with Gasteiger partial charge in [0.15, 0.2) is 0 Å². The van der Waals surface area contributed by atoms with Gasteiger partial charge in [-0.2, -0.15) is 5.26 Å². The lowest BCUT2D eigenvalue weighted by molar-refractivity contribution is 0.307. The summed E-state index contributed by atoms with van der Waals surface area (Å²) in [5.74, 6) is 0. The average molecular weight is 228 g/mol. The van der Waals surface area contributed by atoms with Crippen LogP contribution in [-0.4, -0.2) is 6.54 Å². The maximum Gasteiger partial charge on any atom is 0.0991 e. The minimum atomic E-state index is 0.508. The van der Waals surface area contributed by atoms with Crippen molar-refractivity contribution in [2.24, 2.45) is 5.41 Å². The molecule has 1 aliphatic rings. The molecular weight excluding hydrogens is 208 g/mol. The summed E-state index contributed by atoms with van der Waals surface area (Å²) in [5, 5.41) is 12.3. The Morgan fingerprint density at radius 2 is 1.88 bits per heavy atom. The average Bonchev–Trinajstić information content (AvgIpc) is 2.86. The van der Waals surface area contributed by atoms with E-state index in [9.17, 15) is 0 Å². The van der Waals surface area contributed by atoms with Crippen molar-refractivity contribution in [2.75, 3.05) is 11.9 Å². The van der Waals surface area contributed by atoms with E-state index >= 15 is 0 Å². The summed E-state index contributed by atoms with van der Waals surface area (Å²) in [4.78, 5) is 0. The molecule has 0 aromatic heterocycles. The van der Waals surface area contributed by atoms with Crippen molar-refractivity contribution in [3.05, 3.63) is 29.8 Å². The Morgan fingerprint density at radius 1 is 1.24 bits per heavy atom. The molecule has 17 heavy (non-hydrogen) atoms. The van der Waals surface area contributed by atoms with E-state index in [1.54, 1.807) is 0 Å². The quantitative estimate of drug-likeness (QED) is 0.847. The van der Waals surface area contributed by atoms with Gasteiger partial charge in [0.25, 0.3) is 0 Å². The fraction of sp³-hybridized carbons (Fsp3) is 0.533. The monoisotopic (exact) mass is 228 g/mol. The molecule has 0 aliphatic heterocycles. The maximum absolute atomic E-state index is 8.74. The van der Waals surface area contributed by atoms with Gasteiger partial charge in [-0.25, -0.2) is 0 Å². The summed E-state index contributed by atoms with van der Waals surface area (Å²) >= 11 is 0. The molecule has 0 heterocycles. The van der Waals surface area contributed by atoms with E-state index in [4.69, 9.17) is 5.26 Å². The van der Waals surface area contributed by atoms with Crippen LogP contribution < -0.4 is 5.32 Å². The number of hydrogen-bond donors (Lipinski definition) is 1. The molecule has 1 aromatic carbocycles. The summed E-state index contributed by atoms with van der Waals surface area (Å²) < 4.78 is 0. The second-order valence-electron chi connectivity index (χ2n) is 5.10. The van der Waals surface area contributed by atoms with Crippen LogP contribution in [0.5, 0.6) is 0 Å². The van der Waals surface area contributed by atoms with E-state index in [2.05, 4.69) is 18.3 Å². The Labute approximate surface area is 104 Å². The van der Waals surface area contributed by atoms with Gasteiger partial charge in [0.1, 0.15) is 0 Å². The van der Waals surface area contributed by atoms with E-state index in [0.717, 1.165) is 17.8 Å². The van der Waals surface area contributed by atoms with Gasteiger partial charge in [0.05, 0.1) is 11.6 Å². The van der Waals surface area contributed by atoms with E-state index in [-0.39, 0.29) is 0 Å². The lowest BCUT2D eigenvalue weighted by Crippen LogP contribution is -2.25. The van der Waals surface area contributed by atoms with Crippen LogP contribution in [0, 0.1) is 16.7 Å². The second-order valence-corrected chi connectivity index (χ2v) is 5.10. The molecule has 0 unspecified atom stereocenters. The van der Waals surface area contributed by atoms with Crippen molar-refractivity contribution in [1.82, 2.24) is 0 Å². The fourth-order valence-electron chi connectivity index (χ4n) is 2.73. The molecular formula is C15H20N2. The van der Waals surface area contributed by atoms with Crippen molar-refractivity contribution in [1.29, 1.82) is 5.26 Å². The largest absolute Gasteiger partial charge is 0.384 e. The summed E-state index contributed by atoms with van der Waals surface area (Å²) in [6, 6.07) is 9.88. The molecule has 2 rings (SSSR count). The van der Waals surface area contributed by atoms with Gasteiger partial charge in [0.2, 0.25) is 0 Å². The zero-order valence-corrected chi connectivity index (χ0v) is 10.5. The molecule has 1 saturated carbocycles. The van der Waals surface area contributed by atoms with E-state index in [1.165, 1.54) is 32.1 Å². The topological polar surface area (TPSA) is 35.8 Å². The first-order chi connectivity index (χ1) is 8.28. The number of rotatable bonds is 4. The molecule has 1 N–H and O–H groups in total. The molecule has 2 heteroatoms. The number of anilines is 1. The molecule has 0 radical (unpaired) electrons. The van der Waals surface area contributed by atoms with Crippen LogP contribution in [0.25, 0.3) is 0 Å². The normalized spacial score (nSPS) is 17.6. The first-order valence-electron chi connectivity index (χ1n) is 6.52. The number of nitrogens with one attached hydrogen (secondary N) is 1. The van der Waals surface area contributed by atoms with E-state index in [1.807, 2.05) is 24.3 Å². The van der Waals surface area contributed by atoms with Gasteiger partial charge in [-0.1, -0.05) is 19.8 Å². The Morgan fingerprint density at radius 3 is 2.41 bits per heavy atom. The van der Waals surface area contributed by atoms with Gasteiger partial charge in [0, 0.05) is 12.2 Å². The van der Waals surface area contributed by atoms with Crippen molar-refractivity contribution in [3.8, 4) is 6.07 Å². The van der Waals surface area contributed by atoms with Crippen LogP contribution in [-0.2, 0) is 0 Å². The molecule has 0 amide bonds. The third kappa shape index (κ3) is 2.79. The first-order valence-corrected chi connectivity index (χ1v) is 6.52. The molecule has 0 spiro atoms. The van der Waals surface area contributed by atoms with E-state index in [0.29, 0.717) is 5.41 Å². The van der Waals surface area contributed by atoms with Gasteiger partial charge < -0.3 is 5.32 Å². The third-order valence-electron chi connectivity index (χ3n) is 4.10. The van der Waals surface area contributed by atoms with E-state index < -0.39 is 0 Å². The summed E-state index contributed by atoms with van der Waals surface area (Å²) in [6.45, 7) is 3.36. The van der Waals surface area contributed by atoms with Crippen molar-refractivity contribution in [3.63, 3.8) is 0 Å². The number of benzene rings is 1. The standard InChI is InChI=1S/C15H20N2/c1-2-15(9-3-4-10-15)12-17-14-7-5-13(11-16)6-8-14/h5-8,17H,2-4,9-10,12H2,1H3. The number of nitrogens with zero attached hydrogens (tertiary/aromatic N) is 1. The van der Waals surface area contributed by atoms with Crippen molar-refractivity contribution in [2.45, 2.75) is 39.0 Å². The molecule has 2 nitrogen and oxygen atoms in total. The predicted octanol–water partition coefficient (Wildman–Crippen LogP) is 3.94. The van der Waals surface area contributed by atoms with Crippen LogP contribution in [0.15, 0.2) is 24.3 Å². The highest BCUT2D eigenvalue weighted by Crippen LogP contribution is 2.40. The van der Waals surface area contributed by atoms with Crippen molar-refractivity contribution >= 4 is 5.69 Å². The number of hydrogen-bond acceptors (Lipinski definition) is 2. The minimum Gasteiger partial charge on any atom is -0.384 e. The van der Waals surface area contributed by atoms with Crippen LogP contribution in [0.1, 0.15) is 44.6 Å². The van der Waals surface area contributed by atoms with Gasteiger partial charge in [-0.15, -0.1) is 0 Å². The highest BCUT2D eigenvalue weighted by molar-refractivity contribution is 5.47. The molecule has 0 bridgehead atoms. The minimum absolute atomic E-state index is 0.508. The zero-order valence-electron chi connectivity index (χ0n) is 10.5. The summed E-state index contributed by atoms with van der Waals surface area (Å²) in [7, 11) is 0. The lowest BCUT2D eigenvalue weighted by Gasteiger charge is -2.28. The molecule has 90 valence electrons. The Balaban J connectivity index is 1.94. The smallest absolute Gasteiger partial charge is 0.0991 e. The molecule has 1 aromatic rings. The first kappa shape index (κ1) is 12.0. The highest BCUT2D eigenvalue weighted by atomic mass is 14.9. The van der Waals surface area contributed by atoms with Crippen LogP contribution in [0.3, 0.4) is 0 Å². The molecule has 0 atom stereocenters. The second kappa shape index (κ2) is 5.23. The van der Waals surface area contributed by atoms with Gasteiger partial charge >= 0.3 is 0 Å². The van der Waals surface area contributed by atoms with Gasteiger partial charge in [-0.3, -0.25) is 0 Å². The predicted molar refractivity (Wildman–Crippen MR) is 70.8 cm³/mol. The molecule has 0 saturated heterocycles. The molecule has 1 aliphatic carbocycles. The van der Waals surface area contributed by atoms with Crippen LogP contribution in [0.4, 0.5) is 5.69 Å². The Kier molecular flexibility index (Phi) is 3.68. The lowest BCUT2D eigenvalue weighted by atomic mass is 9.83. The summed E-state index contributed by atoms with van der Waals surface area (Å²) in [5.41, 5.74) is 2.36. The van der Waals surface area contributed by atoms with Crippen LogP contribution >= 0.6 is 0 Å².